The summed E-state index contributed by atoms with van der Waals surface area (Å²) in [6.07, 6.45) is 5.02. The van der Waals surface area contributed by atoms with Crippen molar-refractivity contribution >= 4 is 0 Å². The van der Waals surface area contributed by atoms with Gasteiger partial charge in [0.05, 0.1) is 6.10 Å². The van der Waals surface area contributed by atoms with Gasteiger partial charge in [-0.3, -0.25) is 0 Å². The minimum atomic E-state index is -0.264. The van der Waals surface area contributed by atoms with E-state index in [9.17, 15) is 5.11 Å². The molecule has 2 aliphatic carbocycles. The molecule has 0 aliphatic heterocycles. The average Bonchev–Trinajstić information content (AvgIpc) is 2.37. The quantitative estimate of drug-likeness (QED) is 0.443. The van der Waals surface area contributed by atoms with Gasteiger partial charge in [-0.15, -0.1) is 0 Å². The monoisotopic (exact) mass is 125 g/mol. The number of rotatable bonds is 0. The molecule has 0 aromatic rings. The lowest BCUT2D eigenvalue weighted by atomic mass is 10.0. The maximum Gasteiger partial charge on any atom is 0.0759 e. The van der Waals surface area contributed by atoms with Crippen molar-refractivity contribution in [2.45, 2.75) is 18.6 Å². The number of aliphatic hydroxyl groups excluding tert-OH is 1. The molecule has 0 heterocycles. The number of nitrogens with two attached hydrogens (primary N) is 1. The molecule has 4 atom stereocenters. The van der Waals surface area contributed by atoms with Gasteiger partial charge < -0.3 is 10.8 Å². The summed E-state index contributed by atoms with van der Waals surface area (Å²) in [5, 5.41) is 9.31. The summed E-state index contributed by atoms with van der Waals surface area (Å²) in [5.41, 5.74) is 5.66. The molecular weight excluding hydrogens is 114 g/mol. The highest BCUT2D eigenvalue weighted by atomic mass is 16.3. The summed E-state index contributed by atoms with van der Waals surface area (Å²) >= 11 is 0. The Morgan fingerprint density at radius 2 is 2.00 bits per heavy atom. The predicted octanol–water partition coefficient (Wildman–Crippen LogP) is -0.120. The van der Waals surface area contributed by atoms with Crippen LogP contribution in [0, 0.1) is 11.8 Å². The Kier molecular flexibility index (Phi) is 0.957. The molecule has 2 bridgehead atoms. The van der Waals surface area contributed by atoms with Crippen LogP contribution in [0.3, 0.4) is 0 Å². The third-order valence-electron chi connectivity index (χ3n) is 2.48. The zero-order chi connectivity index (χ0) is 6.43. The van der Waals surface area contributed by atoms with E-state index in [0.29, 0.717) is 11.8 Å². The van der Waals surface area contributed by atoms with Crippen molar-refractivity contribution < 1.29 is 5.11 Å². The second-order valence-corrected chi connectivity index (χ2v) is 3.02. The molecule has 2 rings (SSSR count). The summed E-state index contributed by atoms with van der Waals surface area (Å²) in [5.74, 6) is 0.829. The maximum absolute atomic E-state index is 9.31. The van der Waals surface area contributed by atoms with E-state index in [1.807, 2.05) is 0 Å². The van der Waals surface area contributed by atoms with Gasteiger partial charge in [-0.05, 0) is 12.3 Å². The lowest BCUT2D eigenvalue weighted by molar-refractivity contribution is 0.130. The van der Waals surface area contributed by atoms with Crippen molar-refractivity contribution in [3.05, 3.63) is 12.2 Å². The predicted molar refractivity (Wildman–Crippen MR) is 34.7 cm³/mol. The van der Waals surface area contributed by atoms with Gasteiger partial charge in [0.25, 0.3) is 0 Å². The summed E-state index contributed by atoms with van der Waals surface area (Å²) in [6, 6.07) is 0.0139. The first-order valence-corrected chi connectivity index (χ1v) is 3.41. The molecule has 1 saturated carbocycles. The minimum absolute atomic E-state index is 0.0139. The maximum atomic E-state index is 9.31. The SMILES string of the molecule is N[C@H]1[C@@H](O)[C@@H]2C=C[C@H]1C2. The first-order valence-electron chi connectivity index (χ1n) is 3.41. The molecule has 50 valence electrons. The van der Waals surface area contributed by atoms with Crippen LogP contribution >= 0.6 is 0 Å². The number of hydrogen-bond acceptors (Lipinski definition) is 2. The molecular formula is C7H11NO. The highest BCUT2D eigenvalue weighted by Gasteiger charge is 2.41. The van der Waals surface area contributed by atoms with E-state index < -0.39 is 0 Å². The Balaban J connectivity index is 2.26. The molecule has 0 unspecified atom stereocenters. The van der Waals surface area contributed by atoms with Crippen molar-refractivity contribution in [1.29, 1.82) is 0 Å². The first kappa shape index (κ1) is 5.45. The van der Waals surface area contributed by atoms with Crippen LogP contribution in [-0.2, 0) is 0 Å². The van der Waals surface area contributed by atoms with E-state index in [0.717, 1.165) is 6.42 Å². The van der Waals surface area contributed by atoms with Crippen LogP contribution in [0.4, 0.5) is 0 Å². The fraction of sp³-hybridized carbons (Fsp3) is 0.714. The molecule has 0 spiro atoms. The summed E-state index contributed by atoms with van der Waals surface area (Å²) < 4.78 is 0. The summed E-state index contributed by atoms with van der Waals surface area (Å²) in [4.78, 5) is 0. The average molecular weight is 125 g/mol. The van der Waals surface area contributed by atoms with Gasteiger partial charge in [0.2, 0.25) is 0 Å². The Morgan fingerprint density at radius 1 is 1.33 bits per heavy atom. The molecule has 0 amide bonds. The van der Waals surface area contributed by atoms with Gasteiger partial charge in [0.15, 0.2) is 0 Å². The van der Waals surface area contributed by atoms with E-state index in [1.165, 1.54) is 0 Å². The molecule has 0 radical (unpaired) electrons. The Bertz CT molecular complexity index is 139. The van der Waals surface area contributed by atoms with Gasteiger partial charge in [0, 0.05) is 12.0 Å². The van der Waals surface area contributed by atoms with Gasteiger partial charge >= 0.3 is 0 Å². The third kappa shape index (κ3) is 0.575. The minimum Gasteiger partial charge on any atom is -0.391 e. The molecule has 2 nitrogen and oxygen atoms in total. The van der Waals surface area contributed by atoms with Crippen molar-refractivity contribution in [1.82, 2.24) is 0 Å². The van der Waals surface area contributed by atoms with Crippen LogP contribution in [0.5, 0.6) is 0 Å². The molecule has 0 aromatic heterocycles. The zero-order valence-electron chi connectivity index (χ0n) is 5.20. The van der Waals surface area contributed by atoms with E-state index in [1.54, 1.807) is 0 Å². The van der Waals surface area contributed by atoms with Crippen molar-refractivity contribution in [3.63, 3.8) is 0 Å². The molecule has 3 N–H and O–H groups in total. The second kappa shape index (κ2) is 1.58. The van der Waals surface area contributed by atoms with Crippen LogP contribution < -0.4 is 5.73 Å². The molecule has 9 heavy (non-hydrogen) atoms. The van der Waals surface area contributed by atoms with E-state index in [-0.39, 0.29) is 12.1 Å². The van der Waals surface area contributed by atoms with Crippen molar-refractivity contribution in [2.24, 2.45) is 17.6 Å². The van der Waals surface area contributed by atoms with Gasteiger partial charge in [-0.2, -0.15) is 0 Å². The normalized spacial score (nSPS) is 54.9. The van der Waals surface area contributed by atoms with Crippen molar-refractivity contribution in [3.8, 4) is 0 Å². The molecule has 2 heteroatoms. The van der Waals surface area contributed by atoms with Crippen LogP contribution in [0.25, 0.3) is 0 Å². The lowest BCUT2D eigenvalue weighted by Gasteiger charge is -2.18. The molecule has 1 fully saturated rings. The van der Waals surface area contributed by atoms with E-state index >= 15 is 0 Å². The largest absolute Gasteiger partial charge is 0.391 e. The van der Waals surface area contributed by atoms with E-state index in [2.05, 4.69) is 12.2 Å². The van der Waals surface area contributed by atoms with Crippen LogP contribution in [0.15, 0.2) is 12.2 Å². The smallest absolute Gasteiger partial charge is 0.0759 e. The van der Waals surface area contributed by atoms with E-state index in [4.69, 9.17) is 5.73 Å². The molecule has 2 aliphatic rings. The Hall–Kier alpha value is -0.340. The number of aliphatic hydroxyl groups is 1. The fourth-order valence-electron chi connectivity index (χ4n) is 1.83. The third-order valence-corrected chi connectivity index (χ3v) is 2.48. The highest BCUT2D eigenvalue weighted by Crippen LogP contribution is 2.37. The summed E-state index contributed by atoms with van der Waals surface area (Å²) in [6.45, 7) is 0. The standard InChI is InChI=1S/C7H11NO/c8-6-4-1-2-5(3-4)7(6)9/h1-2,4-7,9H,3,8H2/t4-,5+,6+,7-/m0/s1. The molecule has 0 aromatic carbocycles. The fourth-order valence-corrected chi connectivity index (χ4v) is 1.83. The zero-order valence-corrected chi connectivity index (χ0v) is 5.20. The van der Waals surface area contributed by atoms with Gasteiger partial charge in [-0.25, -0.2) is 0 Å². The second-order valence-electron chi connectivity index (χ2n) is 3.02. The highest BCUT2D eigenvalue weighted by molar-refractivity contribution is 5.15. The van der Waals surface area contributed by atoms with Crippen LogP contribution in [-0.4, -0.2) is 17.3 Å². The van der Waals surface area contributed by atoms with Gasteiger partial charge in [0.1, 0.15) is 0 Å². The van der Waals surface area contributed by atoms with Crippen LogP contribution in [0.2, 0.25) is 0 Å². The van der Waals surface area contributed by atoms with Gasteiger partial charge in [-0.1, -0.05) is 12.2 Å². The topological polar surface area (TPSA) is 46.2 Å². The molecule has 0 saturated heterocycles. The van der Waals surface area contributed by atoms with Crippen LogP contribution in [0.1, 0.15) is 6.42 Å². The number of fused-ring (bicyclic) bond motifs is 2. The first-order chi connectivity index (χ1) is 4.29. The Morgan fingerprint density at radius 3 is 2.33 bits per heavy atom. The lowest BCUT2D eigenvalue weighted by Crippen LogP contribution is -2.37. The number of hydrogen-bond donors (Lipinski definition) is 2. The Labute approximate surface area is 54.4 Å². The van der Waals surface area contributed by atoms with Crippen molar-refractivity contribution in [2.75, 3.05) is 0 Å². The summed E-state index contributed by atoms with van der Waals surface area (Å²) in [7, 11) is 0.